The van der Waals surface area contributed by atoms with E-state index in [1.165, 1.54) is 12.1 Å². The number of hydrogen-bond acceptors (Lipinski definition) is 4. The van der Waals surface area contributed by atoms with Crippen molar-refractivity contribution in [2.75, 3.05) is 0 Å². The Morgan fingerprint density at radius 2 is 2.05 bits per heavy atom. The van der Waals surface area contributed by atoms with Crippen LogP contribution in [0.2, 0.25) is 5.02 Å². The highest BCUT2D eigenvalue weighted by atomic mass is 35.5. The van der Waals surface area contributed by atoms with Gasteiger partial charge in [0.2, 0.25) is 0 Å². The van der Waals surface area contributed by atoms with Gasteiger partial charge in [-0.1, -0.05) is 11.6 Å². The summed E-state index contributed by atoms with van der Waals surface area (Å²) in [6.45, 7) is 0.277. The van der Waals surface area contributed by atoms with E-state index in [9.17, 15) is 14.9 Å². The zero-order chi connectivity index (χ0) is 15.4. The molecule has 2 rings (SSSR count). The Hall–Kier alpha value is -1.66. The number of aliphatic carboxylic acids is 1. The Morgan fingerprint density at radius 3 is 2.57 bits per heavy atom. The van der Waals surface area contributed by atoms with Gasteiger partial charge in [-0.05, 0) is 37.3 Å². The second-order valence-electron chi connectivity index (χ2n) is 5.16. The lowest BCUT2D eigenvalue weighted by molar-refractivity contribution is -0.384. The minimum atomic E-state index is -0.744. The molecule has 0 aromatic heterocycles. The van der Waals surface area contributed by atoms with Crippen LogP contribution in [0.15, 0.2) is 18.2 Å². The molecular formula is C14H16ClNO5. The molecule has 21 heavy (non-hydrogen) atoms. The first kappa shape index (κ1) is 15.7. The third-order valence-corrected chi connectivity index (χ3v) is 4.10. The number of carboxylic acids is 1. The normalized spacial score (nSPS) is 22.0. The number of carboxylic acid groups (broad SMARTS) is 1. The zero-order valence-electron chi connectivity index (χ0n) is 11.3. The highest BCUT2D eigenvalue weighted by Crippen LogP contribution is 2.28. The number of halogens is 1. The van der Waals surface area contributed by atoms with Gasteiger partial charge in [0.25, 0.3) is 5.69 Å². The third-order valence-electron chi connectivity index (χ3n) is 3.75. The fourth-order valence-corrected chi connectivity index (χ4v) is 2.68. The van der Waals surface area contributed by atoms with Crippen LogP contribution < -0.4 is 0 Å². The Kier molecular flexibility index (Phi) is 5.14. The van der Waals surface area contributed by atoms with E-state index in [1.807, 2.05) is 0 Å². The van der Waals surface area contributed by atoms with Gasteiger partial charge >= 0.3 is 5.97 Å². The summed E-state index contributed by atoms with van der Waals surface area (Å²) in [5.41, 5.74) is 0.647. The maximum Gasteiger partial charge on any atom is 0.306 e. The molecule has 1 N–H and O–H groups in total. The highest BCUT2D eigenvalue weighted by molar-refractivity contribution is 6.31. The summed E-state index contributed by atoms with van der Waals surface area (Å²) in [6.07, 6.45) is 2.68. The number of nitro benzene ring substituents is 1. The van der Waals surface area contributed by atoms with E-state index >= 15 is 0 Å². The van der Waals surface area contributed by atoms with Gasteiger partial charge in [-0.25, -0.2) is 0 Å². The van der Waals surface area contributed by atoms with Crippen molar-refractivity contribution in [3.8, 4) is 0 Å². The van der Waals surface area contributed by atoms with Crippen molar-refractivity contribution in [1.82, 2.24) is 0 Å². The van der Waals surface area contributed by atoms with Crippen LogP contribution in [0.3, 0.4) is 0 Å². The van der Waals surface area contributed by atoms with Crippen LogP contribution in [-0.2, 0) is 16.1 Å². The number of hydrogen-bond donors (Lipinski definition) is 1. The topological polar surface area (TPSA) is 89.7 Å². The second kappa shape index (κ2) is 6.87. The van der Waals surface area contributed by atoms with Crippen molar-refractivity contribution in [2.24, 2.45) is 5.92 Å². The molecule has 1 saturated carbocycles. The van der Waals surface area contributed by atoms with Gasteiger partial charge in [0.05, 0.1) is 28.6 Å². The maximum absolute atomic E-state index is 10.9. The van der Waals surface area contributed by atoms with Crippen LogP contribution in [0.1, 0.15) is 31.2 Å². The van der Waals surface area contributed by atoms with Crippen LogP contribution in [0.4, 0.5) is 5.69 Å². The van der Waals surface area contributed by atoms with E-state index in [1.54, 1.807) is 6.07 Å². The number of rotatable bonds is 5. The molecule has 0 radical (unpaired) electrons. The zero-order valence-corrected chi connectivity index (χ0v) is 12.1. The summed E-state index contributed by atoms with van der Waals surface area (Å²) in [7, 11) is 0. The van der Waals surface area contributed by atoms with Gasteiger partial charge in [0, 0.05) is 12.1 Å². The molecule has 6 nitrogen and oxygen atoms in total. The van der Waals surface area contributed by atoms with Gasteiger partial charge in [-0.3, -0.25) is 14.9 Å². The van der Waals surface area contributed by atoms with Crippen LogP contribution in [0, 0.1) is 16.0 Å². The molecule has 7 heteroatoms. The first-order valence-electron chi connectivity index (χ1n) is 6.74. The number of nitro groups is 1. The van der Waals surface area contributed by atoms with Gasteiger partial charge < -0.3 is 9.84 Å². The first-order chi connectivity index (χ1) is 9.97. The van der Waals surface area contributed by atoms with Gasteiger partial charge in [-0.15, -0.1) is 0 Å². The smallest absolute Gasteiger partial charge is 0.306 e. The predicted octanol–water partition coefficient (Wildman–Crippen LogP) is 3.41. The van der Waals surface area contributed by atoms with Gasteiger partial charge in [0.1, 0.15) is 0 Å². The molecule has 1 aliphatic rings. The van der Waals surface area contributed by atoms with Crippen molar-refractivity contribution < 1.29 is 19.6 Å². The van der Waals surface area contributed by atoms with Crippen molar-refractivity contribution in [3.05, 3.63) is 38.9 Å². The van der Waals surface area contributed by atoms with Crippen LogP contribution in [-0.4, -0.2) is 22.1 Å². The summed E-state index contributed by atoms with van der Waals surface area (Å²) >= 11 is 5.99. The summed E-state index contributed by atoms with van der Waals surface area (Å²) in [5, 5.41) is 19.9. The molecule has 114 valence electrons. The molecule has 0 unspecified atom stereocenters. The van der Waals surface area contributed by atoms with E-state index in [0.717, 1.165) is 0 Å². The Bertz CT molecular complexity index is 540. The van der Waals surface area contributed by atoms with Crippen molar-refractivity contribution in [1.29, 1.82) is 0 Å². The molecule has 1 aromatic rings. The summed E-state index contributed by atoms with van der Waals surface area (Å²) in [5.74, 6) is -1.01. The lowest BCUT2D eigenvalue weighted by atomic mass is 9.87. The number of non-ortho nitro benzene ring substituents is 1. The van der Waals surface area contributed by atoms with Crippen LogP contribution >= 0.6 is 11.6 Å². The lowest BCUT2D eigenvalue weighted by Gasteiger charge is -2.26. The third kappa shape index (κ3) is 4.15. The van der Waals surface area contributed by atoms with Crippen molar-refractivity contribution in [3.63, 3.8) is 0 Å². The highest BCUT2D eigenvalue weighted by Gasteiger charge is 2.26. The SMILES string of the molecule is O=C(O)C1CCC(OCc2ccc([N+](=O)[O-])cc2Cl)CC1. The molecule has 0 bridgehead atoms. The molecule has 0 aliphatic heterocycles. The Balaban J connectivity index is 1.87. The van der Waals surface area contributed by atoms with E-state index in [-0.39, 0.29) is 24.3 Å². The molecule has 0 atom stereocenters. The molecule has 0 saturated heterocycles. The predicted molar refractivity (Wildman–Crippen MR) is 76.3 cm³/mol. The average molecular weight is 314 g/mol. The maximum atomic E-state index is 10.9. The standard InChI is InChI=1S/C14H16ClNO5/c15-13-7-11(16(19)20)4-1-10(13)8-21-12-5-2-9(3-6-12)14(17)18/h1,4,7,9,12H,2-3,5-6,8H2,(H,17,18). The second-order valence-corrected chi connectivity index (χ2v) is 5.56. The van der Waals surface area contributed by atoms with Crippen LogP contribution in [0.5, 0.6) is 0 Å². The largest absolute Gasteiger partial charge is 0.481 e. The number of ether oxygens (including phenoxy) is 1. The first-order valence-corrected chi connectivity index (χ1v) is 7.12. The lowest BCUT2D eigenvalue weighted by Crippen LogP contribution is -2.25. The molecule has 1 aliphatic carbocycles. The summed E-state index contributed by atoms with van der Waals surface area (Å²) in [6, 6.07) is 4.29. The summed E-state index contributed by atoms with van der Waals surface area (Å²) < 4.78 is 5.73. The molecule has 1 fully saturated rings. The van der Waals surface area contributed by atoms with Crippen molar-refractivity contribution >= 4 is 23.3 Å². The average Bonchev–Trinajstić information content (AvgIpc) is 2.46. The number of nitrogens with zero attached hydrogens (tertiary/aromatic N) is 1. The Labute approximate surface area is 126 Å². The summed E-state index contributed by atoms with van der Waals surface area (Å²) in [4.78, 5) is 21.0. The minimum absolute atomic E-state index is 0.0202. The van der Waals surface area contributed by atoms with Gasteiger partial charge in [0.15, 0.2) is 0 Å². The van der Waals surface area contributed by atoms with Gasteiger partial charge in [-0.2, -0.15) is 0 Å². The Morgan fingerprint density at radius 1 is 1.38 bits per heavy atom. The minimum Gasteiger partial charge on any atom is -0.481 e. The molecule has 0 heterocycles. The number of benzene rings is 1. The van der Waals surface area contributed by atoms with Crippen molar-refractivity contribution in [2.45, 2.75) is 38.4 Å². The van der Waals surface area contributed by atoms with E-state index in [2.05, 4.69) is 0 Å². The van der Waals surface area contributed by atoms with E-state index in [0.29, 0.717) is 36.3 Å². The number of carbonyl (C=O) groups is 1. The fourth-order valence-electron chi connectivity index (χ4n) is 2.45. The monoisotopic (exact) mass is 313 g/mol. The molecular weight excluding hydrogens is 298 g/mol. The molecule has 0 amide bonds. The molecule has 0 spiro atoms. The fraction of sp³-hybridized carbons (Fsp3) is 0.500. The van der Waals surface area contributed by atoms with Crippen LogP contribution in [0.25, 0.3) is 0 Å². The quantitative estimate of drug-likeness (QED) is 0.664. The molecule has 1 aromatic carbocycles. The van der Waals surface area contributed by atoms with E-state index in [4.69, 9.17) is 21.4 Å². The van der Waals surface area contributed by atoms with E-state index < -0.39 is 10.9 Å².